The van der Waals surface area contributed by atoms with Gasteiger partial charge in [-0.1, -0.05) is 0 Å². The van der Waals surface area contributed by atoms with E-state index in [0.29, 0.717) is 12.1 Å². The summed E-state index contributed by atoms with van der Waals surface area (Å²) in [6.45, 7) is -0.599. The predicted molar refractivity (Wildman–Crippen MR) is 52.1 cm³/mol. The molecule has 0 heterocycles. The van der Waals surface area contributed by atoms with Crippen LogP contribution in [0.15, 0.2) is 18.2 Å². The minimum Gasteiger partial charge on any atom is -0.394 e. The largest absolute Gasteiger partial charge is 0.416 e. The topological polar surface area (TPSA) is 89.4 Å². The molecule has 0 saturated heterocycles. The maximum absolute atomic E-state index is 12.5. The maximum atomic E-state index is 12.5. The number of benzene rings is 1. The first-order valence-corrected chi connectivity index (χ1v) is 4.48. The van der Waals surface area contributed by atoms with Crippen LogP contribution in [0.4, 0.5) is 18.9 Å². The van der Waals surface area contributed by atoms with Crippen LogP contribution >= 0.6 is 0 Å². The molecule has 1 atom stereocenters. The van der Waals surface area contributed by atoms with Crippen molar-refractivity contribution in [1.29, 1.82) is 0 Å². The zero-order chi connectivity index (χ0) is 13.2. The summed E-state index contributed by atoms with van der Waals surface area (Å²) in [6, 6.07) is 0.938. The van der Waals surface area contributed by atoms with Crippen LogP contribution in [-0.4, -0.2) is 16.6 Å². The SMILES string of the molecule is N[C@@H](CO)c1cc([N+](=O)[O-])cc(C(F)(F)F)c1. The van der Waals surface area contributed by atoms with E-state index in [9.17, 15) is 23.3 Å². The van der Waals surface area contributed by atoms with Crippen LogP contribution in [-0.2, 0) is 6.18 Å². The highest BCUT2D eigenvalue weighted by molar-refractivity contribution is 5.41. The Balaban J connectivity index is 3.34. The third-order valence-corrected chi connectivity index (χ3v) is 2.10. The Morgan fingerprint density at radius 1 is 1.41 bits per heavy atom. The Morgan fingerprint density at radius 3 is 2.41 bits per heavy atom. The summed E-state index contributed by atoms with van der Waals surface area (Å²) in [5.41, 5.74) is 3.33. The number of rotatable bonds is 3. The number of aliphatic hydroxyl groups excluding tert-OH is 1. The molecule has 17 heavy (non-hydrogen) atoms. The Labute approximate surface area is 93.8 Å². The van der Waals surface area contributed by atoms with Gasteiger partial charge in [-0.3, -0.25) is 10.1 Å². The van der Waals surface area contributed by atoms with Crippen molar-refractivity contribution in [3.05, 3.63) is 39.4 Å². The minimum atomic E-state index is -4.70. The number of hydrogen-bond acceptors (Lipinski definition) is 4. The molecule has 0 bridgehead atoms. The van der Waals surface area contributed by atoms with Gasteiger partial charge in [0, 0.05) is 12.1 Å². The highest BCUT2D eigenvalue weighted by atomic mass is 19.4. The summed E-state index contributed by atoms with van der Waals surface area (Å²) in [7, 11) is 0. The van der Waals surface area contributed by atoms with Crippen molar-refractivity contribution < 1.29 is 23.2 Å². The quantitative estimate of drug-likeness (QED) is 0.629. The van der Waals surface area contributed by atoms with Crippen LogP contribution in [0.2, 0.25) is 0 Å². The fourth-order valence-corrected chi connectivity index (χ4v) is 1.22. The Morgan fingerprint density at radius 2 is 2.00 bits per heavy atom. The molecule has 1 aromatic rings. The van der Waals surface area contributed by atoms with Gasteiger partial charge in [-0.25, -0.2) is 0 Å². The molecule has 0 aliphatic heterocycles. The lowest BCUT2D eigenvalue weighted by molar-refractivity contribution is -0.385. The Bertz CT molecular complexity index is 434. The average Bonchev–Trinajstić information content (AvgIpc) is 2.26. The molecule has 1 rings (SSSR count). The number of aliphatic hydroxyl groups is 1. The first-order chi connectivity index (χ1) is 7.75. The van der Waals surface area contributed by atoms with E-state index in [2.05, 4.69) is 0 Å². The van der Waals surface area contributed by atoms with Gasteiger partial charge >= 0.3 is 6.18 Å². The molecule has 1 aromatic carbocycles. The minimum absolute atomic E-state index is 0.131. The molecule has 0 aliphatic rings. The Hall–Kier alpha value is -1.67. The van der Waals surface area contributed by atoms with E-state index in [-0.39, 0.29) is 5.56 Å². The van der Waals surface area contributed by atoms with E-state index in [4.69, 9.17) is 10.8 Å². The van der Waals surface area contributed by atoms with Crippen molar-refractivity contribution in [2.75, 3.05) is 6.61 Å². The molecule has 0 aliphatic carbocycles. The predicted octanol–water partition coefficient (Wildman–Crippen LogP) is 1.61. The average molecular weight is 250 g/mol. The number of non-ortho nitro benzene ring substituents is 1. The summed E-state index contributed by atoms with van der Waals surface area (Å²) in [6.07, 6.45) is -4.70. The summed E-state index contributed by atoms with van der Waals surface area (Å²) in [4.78, 5) is 9.54. The number of nitro groups is 1. The number of nitrogens with zero attached hydrogens (tertiary/aromatic N) is 1. The molecule has 0 aromatic heterocycles. The molecule has 94 valence electrons. The highest BCUT2D eigenvalue weighted by Crippen LogP contribution is 2.33. The zero-order valence-corrected chi connectivity index (χ0v) is 8.44. The summed E-state index contributed by atoms with van der Waals surface area (Å²) in [5.74, 6) is 0. The van der Waals surface area contributed by atoms with E-state index >= 15 is 0 Å². The molecule has 0 spiro atoms. The summed E-state index contributed by atoms with van der Waals surface area (Å²) < 4.78 is 37.4. The van der Waals surface area contributed by atoms with Gasteiger partial charge in [0.15, 0.2) is 0 Å². The van der Waals surface area contributed by atoms with Crippen LogP contribution in [0.5, 0.6) is 0 Å². The van der Waals surface area contributed by atoms with Gasteiger partial charge in [0.05, 0.1) is 23.1 Å². The molecule has 0 amide bonds. The molecule has 0 fully saturated rings. The molecular weight excluding hydrogens is 241 g/mol. The van der Waals surface area contributed by atoms with Gasteiger partial charge in [-0.2, -0.15) is 13.2 Å². The number of hydrogen-bond donors (Lipinski definition) is 2. The summed E-state index contributed by atoms with van der Waals surface area (Å²) in [5, 5.41) is 19.2. The number of nitrogens with two attached hydrogens (primary N) is 1. The van der Waals surface area contributed by atoms with E-state index in [1.54, 1.807) is 0 Å². The lowest BCUT2D eigenvalue weighted by Crippen LogP contribution is -2.16. The van der Waals surface area contributed by atoms with Gasteiger partial charge in [-0.15, -0.1) is 0 Å². The highest BCUT2D eigenvalue weighted by Gasteiger charge is 2.33. The van der Waals surface area contributed by atoms with Crippen LogP contribution in [0.1, 0.15) is 17.2 Å². The second kappa shape index (κ2) is 4.68. The first-order valence-electron chi connectivity index (χ1n) is 4.48. The van der Waals surface area contributed by atoms with Crippen LogP contribution < -0.4 is 5.73 Å². The fourth-order valence-electron chi connectivity index (χ4n) is 1.22. The monoisotopic (exact) mass is 250 g/mol. The van der Waals surface area contributed by atoms with Gasteiger partial charge in [0.1, 0.15) is 0 Å². The number of halogens is 3. The van der Waals surface area contributed by atoms with Crippen molar-refractivity contribution in [3.63, 3.8) is 0 Å². The molecule has 3 N–H and O–H groups in total. The third kappa shape index (κ3) is 3.14. The molecule has 8 heteroatoms. The van der Waals surface area contributed by atoms with E-state index in [1.165, 1.54) is 0 Å². The van der Waals surface area contributed by atoms with Crippen LogP contribution in [0.25, 0.3) is 0 Å². The van der Waals surface area contributed by atoms with Gasteiger partial charge in [0.25, 0.3) is 5.69 Å². The number of alkyl halides is 3. The Kier molecular flexibility index (Phi) is 3.69. The van der Waals surface area contributed by atoms with E-state index in [0.717, 1.165) is 6.07 Å². The van der Waals surface area contributed by atoms with Crippen molar-refractivity contribution in [2.24, 2.45) is 5.73 Å². The van der Waals surface area contributed by atoms with Crippen molar-refractivity contribution in [3.8, 4) is 0 Å². The van der Waals surface area contributed by atoms with Gasteiger partial charge < -0.3 is 10.8 Å². The fraction of sp³-hybridized carbons (Fsp3) is 0.333. The molecule has 5 nitrogen and oxygen atoms in total. The lowest BCUT2D eigenvalue weighted by atomic mass is 10.0. The lowest BCUT2D eigenvalue weighted by Gasteiger charge is -2.12. The van der Waals surface area contributed by atoms with Gasteiger partial charge in [0.2, 0.25) is 0 Å². The smallest absolute Gasteiger partial charge is 0.394 e. The molecule has 0 unspecified atom stereocenters. The number of nitro benzene ring substituents is 1. The van der Waals surface area contributed by atoms with E-state index < -0.39 is 35.0 Å². The first kappa shape index (κ1) is 13.4. The van der Waals surface area contributed by atoms with E-state index in [1.807, 2.05) is 0 Å². The normalized spacial score (nSPS) is 13.5. The maximum Gasteiger partial charge on any atom is 0.416 e. The molecule has 0 saturated carbocycles. The third-order valence-electron chi connectivity index (χ3n) is 2.10. The van der Waals surface area contributed by atoms with Crippen molar-refractivity contribution in [1.82, 2.24) is 0 Å². The summed E-state index contributed by atoms with van der Waals surface area (Å²) >= 11 is 0. The van der Waals surface area contributed by atoms with Gasteiger partial charge in [-0.05, 0) is 11.6 Å². The van der Waals surface area contributed by atoms with Crippen molar-refractivity contribution in [2.45, 2.75) is 12.2 Å². The van der Waals surface area contributed by atoms with Crippen molar-refractivity contribution >= 4 is 5.69 Å². The second-order valence-corrected chi connectivity index (χ2v) is 3.36. The zero-order valence-electron chi connectivity index (χ0n) is 8.44. The molecule has 0 radical (unpaired) electrons. The second-order valence-electron chi connectivity index (χ2n) is 3.36. The van der Waals surface area contributed by atoms with Crippen LogP contribution in [0.3, 0.4) is 0 Å². The molecular formula is C9H9F3N2O3. The van der Waals surface area contributed by atoms with Crippen LogP contribution in [0, 0.1) is 10.1 Å². The standard InChI is InChI=1S/C9H9F3N2O3/c10-9(11,12)6-1-5(8(13)4-15)2-7(3-6)14(16)17/h1-3,8,15H,4,13H2/t8-/m0/s1.